The van der Waals surface area contributed by atoms with Crippen molar-refractivity contribution in [3.05, 3.63) is 76.7 Å². The molecule has 4 heterocycles. The monoisotopic (exact) mass is 349 g/mol. The number of carbonyl (C=O) groups excluding carboxylic acids is 1. The quantitative estimate of drug-likeness (QED) is 0.599. The third-order valence-corrected chi connectivity index (χ3v) is 3.94. The molecule has 4 aromatic rings. The summed E-state index contributed by atoms with van der Waals surface area (Å²) in [5.74, 6) is 0.286. The molecule has 1 amide bonds. The lowest BCUT2D eigenvalue weighted by Crippen LogP contribution is -2.27. The summed E-state index contributed by atoms with van der Waals surface area (Å²) < 4.78 is 8.38. The van der Waals surface area contributed by atoms with Gasteiger partial charge in [0.25, 0.3) is 11.5 Å². The second-order valence-electron chi connectivity index (χ2n) is 5.66. The molecule has 26 heavy (non-hydrogen) atoms. The summed E-state index contributed by atoms with van der Waals surface area (Å²) >= 11 is 0. The highest BCUT2D eigenvalue weighted by atomic mass is 16.5. The fourth-order valence-electron chi connectivity index (χ4n) is 2.66. The molecule has 4 aromatic heterocycles. The van der Waals surface area contributed by atoms with Crippen molar-refractivity contribution in [1.29, 1.82) is 0 Å². The maximum atomic E-state index is 12.4. The lowest BCUT2D eigenvalue weighted by molar-refractivity contribution is 0.0945. The normalized spacial score (nSPS) is 11.0. The number of pyridine rings is 2. The Hall–Kier alpha value is -3.68. The maximum absolute atomic E-state index is 12.4. The van der Waals surface area contributed by atoms with Crippen molar-refractivity contribution in [1.82, 2.24) is 24.1 Å². The smallest absolute Gasteiger partial charge is 0.270 e. The molecule has 0 saturated heterocycles. The number of carbonyl (C=O) groups is 1. The summed E-state index contributed by atoms with van der Waals surface area (Å²) in [5.41, 5.74) is 1.62. The molecule has 0 saturated carbocycles. The number of fused-ring (bicyclic) bond motifs is 2. The van der Waals surface area contributed by atoms with Gasteiger partial charge in [0.15, 0.2) is 0 Å². The summed E-state index contributed by atoms with van der Waals surface area (Å²) in [7, 11) is 1.60. The Balaban J connectivity index is 1.54. The zero-order chi connectivity index (χ0) is 18.1. The number of hydrogen-bond acceptors (Lipinski definition) is 5. The zero-order valence-electron chi connectivity index (χ0n) is 13.9. The number of hydrogen-bond donors (Lipinski definition) is 1. The van der Waals surface area contributed by atoms with Gasteiger partial charge in [0.1, 0.15) is 22.7 Å². The van der Waals surface area contributed by atoms with E-state index in [1.54, 1.807) is 43.9 Å². The fourth-order valence-corrected chi connectivity index (χ4v) is 2.66. The molecule has 0 aliphatic rings. The van der Waals surface area contributed by atoms with Gasteiger partial charge in [-0.05, 0) is 24.3 Å². The van der Waals surface area contributed by atoms with Gasteiger partial charge < -0.3 is 14.5 Å². The Labute approximate surface area is 147 Å². The van der Waals surface area contributed by atoms with Crippen molar-refractivity contribution in [2.24, 2.45) is 0 Å². The van der Waals surface area contributed by atoms with Gasteiger partial charge in [-0.3, -0.25) is 14.0 Å². The van der Waals surface area contributed by atoms with Crippen LogP contribution in [0, 0.1) is 0 Å². The van der Waals surface area contributed by atoms with Gasteiger partial charge in [0, 0.05) is 18.5 Å². The van der Waals surface area contributed by atoms with Crippen LogP contribution >= 0.6 is 0 Å². The van der Waals surface area contributed by atoms with E-state index in [9.17, 15) is 9.59 Å². The Kier molecular flexibility index (Phi) is 3.85. The van der Waals surface area contributed by atoms with Gasteiger partial charge in [-0.2, -0.15) is 0 Å². The van der Waals surface area contributed by atoms with Crippen LogP contribution in [0.1, 0.15) is 16.2 Å². The summed E-state index contributed by atoms with van der Waals surface area (Å²) in [6.07, 6.45) is 5.22. The third-order valence-electron chi connectivity index (χ3n) is 3.94. The Bertz CT molecular complexity index is 1180. The molecule has 130 valence electrons. The number of methoxy groups -OCH3 is 1. The van der Waals surface area contributed by atoms with Gasteiger partial charge in [0.2, 0.25) is 0 Å². The van der Waals surface area contributed by atoms with Crippen molar-refractivity contribution >= 4 is 17.2 Å². The van der Waals surface area contributed by atoms with Crippen LogP contribution in [0.5, 0.6) is 5.75 Å². The first-order valence-corrected chi connectivity index (χ1v) is 7.92. The largest absolute Gasteiger partial charge is 0.495 e. The van der Waals surface area contributed by atoms with E-state index in [-0.39, 0.29) is 17.8 Å². The lowest BCUT2D eigenvalue weighted by atomic mass is 10.3. The van der Waals surface area contributed by atoms with E-state index in [4.69, 9.17) is 4.74 Å². The Morgan fingerprint density at radius 1 is 1.15 bits per heavy atom. The SMILES string of the molecule is COc1ccc2nc(CNC(=O)c3cc(=O)n4ccccc4n3)cn2c1. The molecular weight excluding hydrogens is 334 g/mol. The average Bonchev–Trinajstić information content (AvgIpc) is 3.08. The molecule has 0 fully saturated rings. The van der Waals surface area contributed by atoms with E-state index in [1.807, 2.05) is 16.5 Å². The minimum absolute atomic E-state index is 0.0756. The molecule has 8 nitrogen and oxygen atoms in total. The van der Waals surface area contributed by atoms with E-state index < -0.39 is 5.91 Å². The second kappa shape index (κ2) is 6.32. The van der Waals surface area contributed by atoms with Crippen molar-refractivity contribution in [3.8, 4) is 5.75 Å². The van der Waals surface area contributed by atoms with Gasteiger partial charge in [-0.25, -0.2) is 9.97 Å². The minimum Gasteiger partial charge on any atom is -0.495 e. The van der Waals surface area contributed by atoms with E-state index in [2.05, 4.69) is 15.3 Å². The topological polar surface area (TPSA) is 90.0 Å². The molecule has 0 aliphatic heterocycles. The summed E-state index contributed by atoms with van der Waals surface area (Å²) in [4.78, 5) is 33.1. The Morgan fingerprint density at radius 2 is 2.04 bits per heavy atom. The Morgan fingerprint density at radius 3 is 2.88 bits per heavy atom. The second-order valence-corrected chi connectivity index (χ2v) is 5.66. The van der Waals surface area contributed by atoms with Crippen molar-refractivity contribution in [2.75, 3.05) is 7.11 Å². The molecule has 0 bridgehead atoms. The van der Waals surface area contributed by atoms with Crippen LogP contribution in [0.2, 0.25) is 0 Å². The van der Waals surface area contributed by atoms with E-state index in [0.29, 0.717) is 17.1 Å². The molecule has 0 radical (unpaired) electrons. The third kappa shape index (κ3) is 2.88. The van der Waals surface area contributed by atoms with Gasteiger partial charge in [-0.15, -0.1) is 0 Å². The molecule has 8 heteroatoms. The number of ether oxygens (including phenoxy) is 1. The highest BCUT2D eigenvalue weighted by Crippen LogP contribution is 2.13. The molecule has 0 aliphatic carbocycles. The van der Waals surface area contributed by atoms with Crippen LogP contribution in [-0.2, 0) is 6.54 Å². The van der Waals surface area contributed by atoms with E-state index >= 15 is 0 Å². The number of amides is 1. The van der Waals surface area contributed by atoms with Crippen LogP contribution in [0.15, 0.2) is 59.8 Å². The molecule has 1 N–H and O–H groups in total. The standard InChI is InChI=1S/C18H15N5O3/c1-26-13-5-6-15-20-12(10-22(15)11-13)9-19-18(25)14-8-17(24)23-7-3-2-4-16(23)21-14/h2-8,10-11H,9H2,1H3,(H,19,25). The van der Waals surface area contributed by atoms with Gasteiger partial charge in [-0.1, -0.05) is 6.07 Å². The van der Waals surface area contributed by atoms with Gasteiger partial charge in [0.05, 0.1) is 25.5 Å². The number of aromatic nitrogens is 4. The number of imidazole rings is 1. The van der Waals surface area contributed by atoms with Crippen LogP contribution < -0.4 is 15.6 Å². The fraction of sp³-hybridized carbons (Fsp3) is 0.111. The van der Waals surface area contributed by atoms with Crippen LogP contribution in [0.3, 0.4) is 0 Å². The molecule has 0 spiro atoms. The number of nitrogens with zero attached hydrogens (tertiary/aromatic N) is 4. The highest BCUT2D eigenvalue weighted by molar-refractivity contribution is 5.92. The molecule has 0 atom stereocenters. The lowest BCUT2D eigenvalue weighted by Gasteiger charge is -2.04. The maximum Gasteiger partial charge on any atom is 0.270 e. The van der Waals surface area contributed by atoms with Gasteiger partial charge >= 0.3 is 0 Å². The molecular formula is C18H15N5O3. The first-order valence-electron chi connectivity index (χ1n) is 7.92. The summed E-state index contributed by atoms with van der Waals surface area (Å²) in [6, 6.07) is 10.0. The van der Waals surface area contributed by atoms with E-state index in [1.165, 1.54) is 10.5 Å². The van der Waals surface area contributed by atoms with Crippen molar-refractivity contribution < 1.29 is 9.53 Å². The average molecular weight is 349 g/mol. The number of nitrogens with one attached hydrogen (secondary N) is 1. The minimum atomic E-state index is -0.428. The summed E-state index contributed by atoms with van der Waals surface area (Å²) in [5, 5.41) is 2.74. The van der Waals surface area contributed by atoms with E-state index in [0.717, 1.165) is 5.65 Å². The predicted molar refractivity (Wildman–Crippen MR) is 94.4 cm³/mol. The van der Waals surface area contributed by atoms with Crippen LogP contribution in [0.4, 0.5) is 0 Å². The molecule has 0 unspecified atom stereocenters. The van der Waals surface area contributed by atoms with Crippen molar-refractivity contribution in [2.45, 2.75) is 6.54 Å². The number of rotatable bonds is 4. The van der Waals surface area contributed by atoms with Crippen molar-refractivity contribution in [3.63, 3.8) is 0 Å². The zero-order valence-corrected chi connectivity index (χ0v) is 13.9. The van der Waals surface area contributed by atoms with Crippen LogP contribution in [0.25, 0.3) is 11.3 Å². The summed E-state index contributed by atoms with van der Waals surface area (Å²) in [6.45, 7) is 0.221. The first-order chi connectivity index (χ1) is 12.6. The molecule has 4 rings (SSSR count). The molecule has 0 aromatic carbocycles. The first kappa shape index (κ1) is 15.8. The van der Waals surface area contributed by atoms with Crippen LogP contribution in [-0.4, -0.2) is 31.8 Å². The predicted octanol–water partition coefficient (Wildman–Crippen LogP) is 1.28. The highest BCUT2D eigenvalue weighted by Gasteiger charge is 2.11.